The lowest BCUT2D eigenvalue weighted by atomic mass is 10.0. The lowest BCUT2D eigenvalue weighted by Crippen LogP contribution is -2.45. The fraction of sp³-hybridized carbons (Fsp3) is 0.818. The van der Waals surface area contributed by atoms with Crippen molar-refractivity contribution in [3.8, 4) is 0 Å². The minimum Gasteiger partial charge on any atom is -0.394 e. The fourth-order valence-electron chi connectivity index (χ4n) is 1.41. The number of nitrogens with zero attached hydrogens (tertiary/aromatic N) is 3. The highest BCUT2D eigenvalue weighted by atomic mass is 16.3. The van der Waals surface area contributed by atoms with Crippen molar-refractivity contribution in [2.45, 2.75) is 52.2 Å². The maximum Gasteiger partial charge on any atom is 0.140 e. The minimum absolute atomic E-state index is 0.130. The summed E-state index contributed by atoms with van der Waals surface area (Å²) in [7, 11) is 0. The van der Waals surface area contributed by atoms with Crippen LogP contribution in [0.2, 0.25) is 0 Å². The number of hydrogen-bond donors (Lipinski definition) is 2. The minimum atomic E-state index is -0.233. The van der Waals surface area contributed by atoms with Crippen LogP contribution in [0.5, 0.6) is 0 Å². The molecule has 0 saturated heterocycles. The van der Waals surface area contributed by atoms with Crippen molar-refractivity contribution in [1.82, 2.24) is 20.1 Å². The van der Waals surface area contributed by atoms with Gasteiger partial charge in [-0.15, -0.1) is 0 Å². The Labute approximate surface area is 96.9 Å². The molecule has 0 amide bonds. The molecule has 5 nitrogen and oxygen atoms in total. The molecular formula is C11H22N4O. The molecule has 1 aromatic rings. The first-order chi connectivity index (χ1) is 7.65. The Morgan fingerprint density at radius 2 is 2.25 bits per heavy atom. The monoisotopic (exact) mass is 226 g/mol. The number of nitrogens with one attached hydrogen (secondary N) is 1. The molecule has 0 spiro atoms. The number of rotatable bonds is 7. The van der Waals surface area contributed by atoms with Crippen LogP contribution in [0.3, 0.4) is 0 Å². The maximum absolute atomic E-state index is 9.28. The fourth-order valence-corrected chi connectivity index (χ4v) is 1.41. The molecule has 0 aliphatic heterocycles. The molecule has 0 bridgehead atoms. The molecular weight excluding hydrogens is 204 g/mol. The van der Waals surface area contributed by atoms with E-state index in [0.29, 0.717) is 6.54 Å². The molecule has 0 aliphatic carbocycles. The van der Waals surface area contributed by atoms with E-state index in [2.05, 4.69) is 29.2 Å². The standard InChI is InChI=1S/C11H22N4O/c1-4-6-15-10(12-9-14-15)7-13-11(3,5-2)8-16/h9,13,16H,4-8H2,1-3H3. The van der Waals surface area contributed by atoms with Crippen LogP contribution in [0.4, 0.5) is 0 Å². The average Bonchev–Trinajstić information content (AvgIpc) is 2.74. The van der Waals surface area contributed by atoms with Gasteiger partial charge in [0.25, 0.3) is 0 Å². The van der Waals surface area contributed by atoms with Crippen LogP contribution < -0.4 is 5.32 Å². The number of aliphatic hydroxyl groups excluding tert-OH is 1. The van der Waals surface area contributed by atoms with E-state index in [-0.39, 0.29) is 12.1 Å². The van der Waals surface area contributed by atoms with Gasteiger partial charge in [0.15, 0.2) is 0 Å². The Kier molecular flexibility index (Phi) is 4.89. The zero-order valence-electron chi connectivity index (χ0n) is 10.4. The predicted molar refractivity (Wildman–Crippen MR) is 62.9 cm³/mol. The van der Waals surface area contributed by atoms with E-state index in [1.54, 1.807) is 6.33 Å². The van der Waals surface area contributed by atoms with Gasteiger partial charge in [-0.25, -0.2) is 9.67 Å². The first-order valence-corrected chi connectivity index (χ1v) is 5.87. The third kappa shape index (κ3) is 3.28. The van der Waals surface area contributed by atoms with Crippen LogP contribution in [0.25, 0.3) is 0 Å². The van der Waals surface area contributed by atoms with Crippen molar-refractivity contribution in [3.63, 3.8) is 0 Å². The van der Waals surface area contributed by atoms with Crippen molar-refractivity contribution in [2.24, 2.45) is 0 Å². The molecule has 0 saturated carbocycles. The van der Waals surface area contributed by atoms with E-state index in [0.717, 1.165) is 25.2 Å². The van der Waals surface area contributed by atoms with Gasteiger partial charge in [0, 0.05) is 12.1 Å². The molecule has 0 aromatic carbocycles. The lowest BCUT2D eigenvalue weighted by molar-refractivity contribution is 0.167. The van der Waals surface area contributed by atoms with E-state index in [1.807, 2.05) is 11.6 Å². The van der Waals surface area contributed by atoms with Crippen LogP contribution >= 0.6 is 0 Å². The second-order valence-electron chi connectivity index (χ2n) is 4.33. The average molecular weight is 226 g/mol. The summed E-state index contributed by atoms with van der Waals surface area (Å²) >= 11 is 0. The highest BCUT2D eigenvalue weighted by molar-refractivity contribution is 4.88. The molecule has 92 valence electrons. The number of aromatic nitrogens is 3. The van der Waals surface area contributed by atoms with Gasteiger partial charge >= 0.3 is 0 Å². The Morgan fingerprint density at radius 3 is 2.81 bits per heavy atom. The third-order valence-electron chi connectivity index (χ3n) is 2.93. The maximum atomic E-state index is 9.28. The molecule has 1 heterocycles. The second-order valence-corrected chi connectivity index (χ2v) is 4.33. The SMILES string of the molecule is CCCn1ncnc1CNC(C)(CC)CO. The topological polar surface area (TPSA) is 63.0 Å². The zero-order chi connectivity index (χ0) is 12.0. The summed E-state index contributed by atoms with van der Waals surface area (Å²) in [5, 5.41) is 16.8. The first kappa shape index (κ1) is 13.1. The molecule has 1 atom stereocenters. The van der Waals surface area contributed by atoms with Crippen LogP contribution in [0.15, 0.2) is 6.33 Å². The Hall–Kier alpha value is -0.940. The molecule has 1 unspecified atom stereocenters. The number of aliphatic hydroxyl groups is 1. The zero-order valence-corrected chi connectivity index (χ0v) is 10.4. The molecule has 0 fully saturated rings. The van der Waals surface area contributed by atoms with Gasteiger partial charge in [0.1, 0.15) is 12.2 Å². The molecule has 16 heavy (non-hydrogen) atoms. The first-order valence-electron chi connectivity index (χ1n) is 5.87. The predicted octanol–water partition coefficient (Wildman–Crippen LogP) is 0.939. The highest BCUT2D eigenvalue weighted by Gasteiger charge is 2.20. The van der Waals surface area contributed by atoms with E-state index in [4.69, 9.17) is 0 Å². The van der Waals surface area contributed by atoms with Crippen LogP contribution in [0, 0.1) is 0 Å². The summed E-state index contributed by atoms with van der Waals surface area (Å²) in [4.78, 5) is 4.21. The third-order valence-corrected chi connectivity index (χ3v) is 2.93. The summed E-state index contributed by atoms with van der Waals surface area (Å²) in [5.41, 5.74) is -0.233. The molecule has 1 rings (SSSR count). The van der Waals surface area contributed by atoms with Crippen LogP contribution in [0.1, 0.15) is 39.4 Å². The van der Waals surface area contributed by atoms with Gasteiger partial charge in [-0.3, -0.25) is 0 Å². The molecule has 1 aromatic heterocycles. The Balaban J connectivity index is 2.56. The Morgan fingerprint density at radius 1 is 1.50 bits per heavy atom. The van der Waals surface area contributed by atoms with Crippen molar-refractivity contribution < 1.29 is 5.11 Å². The summed E-state index contributed by atoms with van der Waals surface area (Å²) < 4.78 is 1.90. The second kappa shape index (κ2) is 5.96. The molecule has 0 aliphatic rings. The summed E-state index contributed by atoms with van der Waals surface area (Å²) in [5.74, 6) is 0.926. The molecule has 2 N–H and O–H groups in total. The summed E-state index contributed by atoms with van der Waals surface area (Å²) in [6.07, 6.45) is 3.50. The van der Waals surface area contributed by atoms with Crippen molar-refractivity contribution in [1.29, 1.82) is 0 Å². The van der Waals surface area contributed by atoms with E-state index in [9.17, 15) is 5.11 Å². The van der Waals surface area contributed by atoms with Crippen molar-refractivity contribution in [2.75, 3.05) is 6.61 Å². The molecule has 0 radical (unpaired) electrons. The van der Waals surface area contributed by atoms with E-state index in [1.165, 1.54) is 0 Å². The van der Waals surface area contributed by atoms with Gasteiger partial charge < -0.3 is 10.4 Å². The molecule has 5 heteroatoms. The Bertz CT molecular complexity index is 307. The van der Waals surface area contributed by atoms with Gasteiger partial charge in [0.05, 0.1) is 13.2 Å². The number of aryl methyl sites for hydroxylation is 1. The smallest absolute Gasteiger partial charge is 0.140 e. The van der Waals surface area contributed by atoms with Crippen LogP contribution in [-0.4, -0.2) is 32.0 Å². The van der Waals surface area contributed by atoms with Gasteiger partial charge in [0.2, 0.25) is 0 Å². The van der Waals surface area contributed by atoms with Crippen molar-refractivity contribution in [3.05, 3.63) is 12.2 Å². The van der Waals surface area contributed by atoms with Gasteiger partial charge in [-0.1, -0.05) is 13.8 Å². The quantitative estimate of drug-likeness (QED) is 0.726. The summed E-state index contributed by atoms with van der Waals surface area (Å²) in [6.45, 7) is 7.84. The highest BCUT2D eigenvalue weighted by Crippen LogP contribution is 2.08. The summed E-state index contributed by atoms with van der Waals surface area (Å²) in [6, 6.07) is 0. The van der Waals surface area contributed by atoms with Gasteiger partial charge in [-0.05, 0) is 19.8 Å². The van der Waals surface area contributed by atoms with Gasteiger partial charge in [-0.2, -0.15) is 5.10 Å². The lowest BCUT2D eigenvalue weighted by Gasteiger charge is -2.27. The largest absolute Gasteiger partial charge is 0.394 e. The van der Waals surface area contributed by atoms with Crippen LogP contribution in [-0.2, 0) is 13.1 Å². The normalized spacial score (nSPS) is 15.0. The van der Waals surface area contributed by atoms with Crippen molar-refractivity contribution >= 4 is 0 Å². The number of hydrogen-bond acceptors (Lipinski definition) is 4. The van der Waals surface area contributed by atoms with E-state index < -0.39 is 0 Å². The van der Waals surface area contributed by atoms with E-state index >= 15 is 0 Å².